The number of halogens is 3. The zero-order chi connectivity index (χ0) is 14.8. The van der Waals surface area contributed by atoms with E-state index in [9.17, 15) is 13.2 Å². The fourth-order valence-corrected chi connectivity index (χ4v) is 1.62. The van der Waals surface area contributed by atoms with Crippen molar-refractivity contribution < 1.29 is 13.2 Å². The minimum absolute atomic E-state index is 0.362. The topological polar surface area (TPSA) is 49.8 Å². The lowest BCUT2D eigenvalue weighted by Gasteiger charge is -2.13. The maximum atomic E-state index is 12.7. The van der Waals surface area contributed by atoms with Crippen LogP contribution in [0, 0.1) is 6.92 Å². The number of alkyl halides is 3. The quantitative estimate of drug-likeness (QED) is 0.903. The Kier molecular flexibility index (Phi) is 3.78. The van der Waals surface area contributed by atoms with Gasteiger partial charge in [-0.1, -0.05) is 6.07 Å². The van der Waals surface area contributed by atoms with Crippen molar-refractivity contribution in [1.82, 2.24) is 9.97 Å². The van der Waals surface area contributed by atoms with Crippen LogP contribution < -0.4 is 10.6 Å². The van der Waals surface area contributed by atoms with Crippen LogP contribution in [0.15, 0.2) is 30.5 Å². The maximum Gasteiger partial charge on any atom is 0.416 e. The molecule has 7 heteroatoms. The van der Waals surface area contributed by atoms with Gasteiger partial charge in [-0.2, -0.15) is 18.2 Å². The fourth-order valence-electron chi connectivity index (χ4n) is 1.62. The molecule has 0 saturated heterocycles. The Morgan fingerprint density at radius 2 is 1.90 bits per heavy atom. The van der Waals surface area contributed by atoms with Gasteiger partial charge in [-0.25, -0.2) is 4.98 Å². The van der Waals surface area contributed by atoms with Crippen LogP contribution in [0.2, 0.25) is 0 Å². The van der Waals surface area contributed by atoms with E-state index in [0.717, 1.165) is 12.1 Å². The number of nitrogens with one attached hydrogen (secondary N) is 2. The highest BCUT2D eigenvalue weighted by atomic mass is 19.4. The zero-order valence-electron chi connectivity index (χ0n) is 10.9. The van der Waals surface area contributed by atoms with Gasteiger partial charge in [-0.05, 0) is 30.7 Å². The van der Waals surface area contributed by atoms with E-state index in [-0.39, 0.29) is 0 Å². The summed E-state index contributed by atoms with van der Waals surface area (Å²) in [4.78, 5) is 8.04. The fraction of sp³-hybridized carbons (Fsp3) is 0.231. The van der Waals surface area contributed by atoms with E-state index >= 15 is 0 Å². The van der Waals surface area contributed by atoms with E-state index in [1.54, 1.807) is 20.0 Å². The first-order valence-corrected chi connectivity index (χ1v) is 5.86. The Labute approximate surface area is 114 Å². The standard InChI is InChI=1S/C13H13F3N4/c1-8-3-4-9(13(14,15)16)7-10(8)19-11-5-6-18-12(17-2)20-11/h3-7H,1-2H3,(H2,17,18,19,20). The van der Waals surface area contributed by atoms with Crippen LogP contribution in [-0.2, 0) is 6.18 Å². The van der Waals surface area contributed by atoms with Crippen molar-refractivity contribution in [3.63, 3.8) is 0 Å². The summed E-state index contributed by atoms with van der Waals surface area (Å²) in [7, 11) is 1.66. The van der Waals surface area contributed by atoms with Crippen LogP contribution in [0.1, 0.15) is 11.1 Å². The summed E-state index contributed by atoms with van der Waals surface area (Å²) in [5, 5.41) is 5.63. The van der Waals surface area contributed by atoms with Crippen molar-refractivity contribution in [2.24, 2.45) is 0 Å². The van der Waals surface area contributed by atoms with Gasteiger partial charge in [-0.15, -0.1) is 0 Å². The van der Waals surface area contributed by atoms with Crippen molar-refractivity contribution in [2.75, 3.05) is 17.7 Å². The molecule has 2 aromatic rings. The number of hydrogen-bond donors (Lipinski definition) is 2. The number of nitrogens with zero attached hydrogens (tertiary/aromatic N) is 2. The molecule has 0 radical (unpaired) electrons. The lowest BCUT2D eigenvalue weighted by Crippen LogP contribution is -2.06. The molecule has 1 aromatic carbocycles. The lowest BCUT2D eigenvalue weighted by molar-refractivity contribution is -0.137. The van der Waals surface area contributed by atoms with Crippen LogP contribution in [0.4, 0.5) is 30.6 Å². The molecular weight excluding hydrogens is 269 g/mol. The molecule has 0 unspecified atom stereocenters. The third-order valence-electron chi connectivity index (χ3n) is 2.71. The summed E-state index contributed by atoms with van der Waals surface area (Å²) in [6.07, 6.45) is -2.85. The van der Waals surface area contributed by atoms with E-state index in [1.165, 1.54) is 12.3 Å². The predicted octanol–water partition coefficient (Wildman–Crippen LogP) is 3.59. The predicted molar refractivity (Wildman–Crippen MR) is 71.0 cm³/mol. The van der Waals surface area contributed by atoms with Crippen LogP contribution in [0.5, 0.6) is 0 Å². The highest BCUT2D eigenvalue weighted by Crippen LogP contribution is 2.32. The number of aryl methyl sites for hydroxylation is 1. The van der Waals surface area contributed by atoms with Gasteiger partial charge in [0.05, 0.1) is 5.56 Å². The van der Waals surface area contributed by atoms with Gasteiger partial charge < -0.3 is 10.6 Å². The molecule has 0 fully saturated rings. The first-order valence-electron chi connectivity index (χ1n) is 5.86. The zero-order valence-corrected chi connectivity index (χ0v) is 10.9. The number of anilines is 3. The number of benzene rings is 1. The highest BCUT2D eigenvalue weighted by Gasteiger charge is 2.30. The van der Waals surface area contributed by atoms with Gasteiger partial charge in [0.15, 0.2) is 0 Å². The molecule has 0 aliphatic carbocycles. The third-order valence-corrected chi connectivity index (χ3v) is 2.71. The molecule has 20 heavy (non-hydrogen) atoms. The maximum absolute atomic E-state index is 12.7. The molecular formula is C13H13F3N4. The second kappa shape index (κ2) is 5.36. The molecule has 106 valence electrons. The third kappa shape index (κ3) is 3.17. The molecule has 0 saturated carbocycles. The number of aromatic nitrogens is 2. The molecule has 4 nitrogen and oxygen atoms in total. The molecule has 0 aliphatic heterocycles. The lowest BCUT2D eigenvalue weighted by atomic mass is 10.1. The van der Waals surface area contributed by atoms with Gasteiger partial charge >= 0.3 is 6.18 Å². The number of rotatable bonds is 3. The van der Waals surface area contributed by atoms with Gasteiger partial charge in [0, 0.05) is 18.9 Å². The van der Waals surface area contributed by atoms with Crippen LogP contribution in [0.25, 0.3) is 0 Å². The smallest absolute Gasteiger partial charge is 0.357 e. The molecule has 0 amide bonds. The summed E-state index contributed by atoms with van der Waals surface area (Å²) in [5.41, 5.74) is 0.358. The van der Waals surface area contributed by atoms with Gasteiger partial charge in [0.2, 0.25) is 5.95 Å². The molecule has 1 heterocycles. The molecule has 0 bridgehead atoms. The second-order valence-corrected chi connectivity index (χ2v) is 4.17. The van der Waals surface area contributed by atoms with E-state index < -0.39 is 11.7 Å². The van der Waals surface area contributed by atoms with E-state index in [4.69, 9.17) is 0 Å². The Morgan fingerprint density at radius 3 is 2.55 bits per heavy atom. The van der Waals surface area contributed by atoms with Crippen molar-refractivity contribution in [1.29, 1.82) is 0 Å². The first-order chi connectivity index (χ1) is 9.40. The normalized spacial score (nSPS) is 11.2. The average Bonchev–Trinajstić information content (AvgIpc) is 2.40. The summed E-state index contributed by atoms with van der Waals surface area (Å²) in [6.45, 7) is 1.72. The molecule has 0 aliphatic rings. The highest BCUT2D eigenvalue weighted by molar-refractivity contribution is 5.62. The Bertz CT molecular complexity index is 611. The van der Waals surface area contributed by atoms with Crippen LogP contribution >= 0.6 is 0 Å². The van der Waals surface area contributed by atoms with Crippen molar-refractivity contribution in [3.8, 4) is 0 Å². The van der Waals surface area contributed by atoms with E-state index in [2.05, 4.69) is 20.6 Å². The van der Waals surface area contributed by atoms with E-state index in [1.807, 2.05) is 0 Å². The number of hydrogen-bond acceptors (Lipinski definition) is 4. The first kappa shape index (κ1) is 14.1. The average molecular weight is 282 g/mol. The largest absolute Gasteiger partial charge is 0.416 e. The second-order valence-electron chi connectivity index (χ2n) is 4.17. The van der Waals surface area contributed by atoms with Gasteiger partial charge in [0.25, 0.3) is 0 Å². The Morgan fingerprint density at radius 1 is 1.15 bits per heavy atom. The summed E-state index contributed by atoms with van der Waals surface area (Å²) in [6, 6.07) is 5.13. The summed E-state index contributed by atoms with van der Waals surface area (Å²) in [5.74, 6) is 0.811. The van der Waals surface area contributed by atoms with Crippen LogP contribution in [-0.4, -0.2) is 17.0 Å². The minimum Gasteiger partial charge on any atom is -0.357 e. The monoisotopic (exact) mass is 282 g/mol. The SMILES string of the molecule is CNc1nccc(Nc2cc(C(F)(F)F)ccc2C)n1. The van der Waals surface area contributed by atoms with Crippen molar-refractivity contribution >= 4 is 17.5 Å². The Hall–Kier alpha value is -2.31. The van der Waals surface area contributed by atoms with Gasteiger partial charge in [-0.3, -0.25) is 0 Å². The summed E-state index contributed by atoms with van der Waals surface area (Å²) >= 11 is 0. The minimum atomic E-state index is -4.37. The van der Waals surface area contributed by atoms with Crippen molar-refractivity contribution in [3.05, 3.63) is 41.6 Å². The summed E-state index contributed by atoms with van der Waals surface area (Å²) < 4.78 is 38.1. The molecule has 2 N–H and O–H groups in total. The van der Waals surface area contributed by atoms with Crippen LogP contribution in [0.3, 0.4) is 0 Å². The van der Waals surface area contributed by atoms with Crippen molar-refractivity contribution in [2.45, 2.75) is 13.1 Å². The molecule has 1 aromatic heterocycles. The molecule has 0 atom stereocenters. The molecule has 0 spiro atoms. The molecule has 2 rings (SSSR count). The van der Waals surface area contributed by atoms with Gasteiger partial charge in [0.1, 0.15) is 5.82 Å². The van der Waals surface area contributed by atoms with E-state index in [0.29, 0.717) is 23.0 Å². The Balaban J connectivity index is 2.32.